The van der Waals surface area contributed by atoms with Gasteiger partial charge >= 0.3 is 0 Å². The molecular weight excluding hydrogens is 284 g/mol. The van der Waals surface area contributed by atoms with Gasteiger partial charge in [-0.3, -0.25) is 0 Å². The Labute approximate surface area is 113 Å². The molecule has 1 unspecified atom stereocenters. The van der Waals surface area contributed by atoms with Crippen LogP contribution in [0, 0.1) is 5.92 Å². The van der Waals surface area contributed by atoms with E-state index in [2.05, 4.69) is 54.0 Å². The van der Waals surface area contributed by atoms with Gasteiger partial charge in [0.25, 0.3) is 0 Å². The molecule has 16 heavy (non-hydrogen) atoms. The van der Waals surface area contributed by atoms with Gasteiger partial charge in [0.15, 0.2) is 0 Å². The number of benzene rings is 1. The van der Waals surface area contributed by atoms with Crippen molar-refractivity contribution in [2.24, 2.45) is 5.92 Å². The molecule has 0 saturated carbocycles. The number of halogens is 2. The minimum absolute atomic E-state index is 0.508. The minimum atomic E-state index is 0.508. The fraction of sp³-hybridized carbons (Fsp3) is 0.571. The summed E-state index contributed by atoms with van der Waals surface area (Å²) in [5.41, 5.74) is 1.36. The molecule has 0 N–H and O–H groups in total. The van der Waals surface area contributed by atoms with Gasteiger partial charge in [-0.1, -0.05) is 54.8 Å². The summed E-state index contributed by atoms with van der Waals surface area (Å²) in [6, 6.07) is 8.54. The largest absolute Gasteiger partial charge is 0.126 e. The topological polar surface area (TPSA) is 0 Å². The van der Waals surface area contributed by atoms with Gasteiger partial charge in [0.1, 0.15) is 0 Å². The molecule has 1 aromatic rings. The molecule has 2 heteroatoms. The Kier molecular flexibility index (Phi) is 6.45. The Morgan fingerprint density at radius 3 is 2.25 bits per heavy atom. The van der Waals surface area contributed by atoms with Crippen molar-refractivity contribution in [3.05, 3.63) is 34.3 Å². The minimum Gasteiger partial charge on any atom is -0.126 e. The first kappa shape index (κ1) is 14.1. The molecule has 1 rings (SSSR count). The van der Waals surface area contributed by atoms with E-state index in [4.69, 9.17) is 11.6 Å². The third-order valence-corrected chi connectivity index (χ3v) is 3.76. The average molecular weight is 304 g/mol. The summed E-state index contributed by atoms with van der Waals surface area (Å²) in [4.78, 5) is 0. The van der Waals surface area contributed by atoms with Crippen LogP contribution in [0.1, 0.15) is 44.6 Å². The summed E-state index contributed by atoms with van der Waals surface area (Å²) in [5.74, 6) is 2.02. The predicted octanol–water partition coefficient (Wildman–Crippen LogP) is 5.60. The highest BCUT2D eigenvalue weighted by Gasteiger charge is 2.10. The van der Waals surface area contributed by atoms with Crippen LogP contribution in [0.5, 0.6) is 0 Å². The molecule has 0 bridgehead atoms. The molecule has 0 aliphatic rings. The second kappa shape index (κ2) is 7.34. The van der Waals surface area contributed by atoms with Gasteiger partial charge in [0.05, 0.1) is 0 Å². The molecule has 0 heterocycles. The smallest absolute Gasteiger partial charge is 0.0292 e. The highest BCUT2D eigenvalue weighted by atomic mass is 79.9. The van der Waals surface area contributed by atoms with E-state index in [1.165, 1.54) is 24.8 Å². The number of hydrogen-bond acceptors (Lipinski definition) is 0. The zero-order chi connectivity index (χ0) is 12.0. The second-order valence-electron chi connectivity index (χ2n) is 4.73. The van der Waals surface area contributed by atoms with Gasteiger partial charge < -0.3 is 0 Å². The van der Waals surface area contributed by atoms with Crippen LogP contribution in [0.15, 0.2) is 28.7 Å². The van der Waals surface area contributed by atoms with E-state index in [1.54, 1.807) is 0 Å². The zero-order valence-corrected chi connectivity index (χ0v) is 12.4. The summed E-state index contributed by atoms with van der Waals surface area (Å²) >= 11 is 9.50. The first-order valence-electron chi connectivity index (χ1n) is 5.95. The first-order valence-corrected chi connectivity index (χ1v) is 7.27. The maximum atomic E-state index is 6.05. The van der Waals surface area contributed by atoms with Crippen molar-refractivity contribution in [3.8, 4) is 0 Å². The van der Waals surface area contributed by atoms with Crippen LogP contribution in [0.25, 0.3) is 0 Å². The Bertz CT molecular complexity index is 292. The van der Waals surface area contributed by atoms with E-state index < -0.39 is 0 Å². The molecular formula is C14H20BrCl. The molecule has 0 amide bonds. The van der Waals surface area contributed by atoms with Gasteiger partial charge in [0, 0.05) is 10.4 Å². The standard InChI is InChI=1S/C14H20BrCl/c1-11(2)4-3-5-13(10-16)12-6-8-14(15)9-7-12/h6-9,11,13H,3-5,10H2,1-2H3. The molecule has 0 nitrogen and oxygen atoms in total. The summed E-state index contributed by atoms with van der Waals surface area (Å²) in [6.07, 6.45) is 3.76. The number of rotatable bonds is 6. The van der Waals surface area contributed by atoms with E-state index >= 15 is 0 Å². The normalized spacial score (nSPS) is 13.1. The Morgan fingerprint density at radius 1 is 1.12 bits per heavy atom. The highest BCUT2D eigenvalue weighted by Crippen LogP contribution is 2.25. The van der Waals surface area contributed by atoms with Crippen LogP contribution >= 0.6 is 27.5 Å². The van der Waals surface area contributed by atoms with Crippen LogP contribution in [0.3, 0.4) is 0 Å². The van der Waals surface area contributed by atoms with Crippen LogP contribution < -0.4 is 0 Å². The fourth-order valence-corrected chi connectivity index (χ4v) is 2.44. The van der Waals surface area contributed by atoms with Gasteiger partial charge in [-0.2, -0.15) is 0 Å². The maximum absolute atomic E-state index is 6.05. The van der Waals surface area contributed by atoms with Crippen molar-refractivity contribution in [3.63, 3.8) is 0 Å². The molecule has 1 atom stereocenters. The summed E-state index contributed by atoms with van der Waals surface area (Å²) < 4.78 is 1.13. The average Bonchev–Trinajstić information content (AvgIpc) is 2.26. The van der Waals surface area contributed by atoms with Gasteiger partial charge in [-0.15, -0.1) is 11.6 Å². The predicted molar refractivity (Wildman–Crippen MR) is 76.3 cm³/mol. The lowest BCUT2D eigenvalue weighted by Gasteiger charge is -2.15. The maximum Gasteiger partial charge on any atom is 0.0292 e. The lowest BCUT2D eigenvalue weighted by Crippen LogP contribution is -2.01. The Morgan fingerprint density at radius 2 is 1.75 bits per heavy atom. The van der Waals surface area contributed by atoms with Crippen molar-refractivity contribution < 1.29 is 0 Å². The van der Waals surface area contributed by atoms with Crippen LogP contribution in [-0.4, -0.2) is 5.88 Å². The molecule has 0 spiro atoms. The molecule has 0 radical (unpaired) electrons. The monoisotopic (exact) mass is 302 g/mol. The molecule has 0 aromatic heterocycles. The van der Waals surface area contributed by atoms with Gasteiger partial charge in [0.2, 0.25) is 0 Å². The highest BCUT2D eigenvalue weighted by molar-refractivity contribution is 9.10. The Balaban J connectivity index is 2.50. The fourth-order valence-electron chi connectivity index (χ4n) is 1.84. The zero-order valence-electron chi connectivity index (χ0n) is 10.0. The quantitative estimate of drug-likeness (QED) is 0.600. The van der Waals surface area contributed by atoms with E-state index in [9.17, 15) is 0 Å². The SMILES string of the molecule is CC(C)CCCC(CCl)c1ccc(Br)cc1. The van der Waals surface area contributed by atoms with Crippen molar-refractivity contribution >= 4 is 27.5 Å². The van der Waals surface area contributed by atoms with Crippen LogP contribution in [0.2, 0.25) is 0 Å². The third kappa shape index (κ3) is 4.88. The van der Waals surface area contributed by atoms with E-state index in [-0.39, 0.29) is 0 Å². The molecule has 90 valence electrons. The van der Waals surface area contributed by atoms with Crippen LogP contribution in [0.4, 0.5) is 0 Å². The second-order valence-corrected chi connectivity index (χ2v) is 5.95. The van der Waals surface area contributed by atoms with Crippen molar-refractivity contribution in [1.82, 2.24) is 0 Å². The Hall–Kier alpha value is -0.0100. The van der Waals surface area contributed by atoms with E-state index in [0.29, 0.717) is 5.92 Å². The van der Waals surface area contributed by atoms with Crippen molar-refractivity contribution in [2.45, 2.75) is 39.0 Å². The van der Waals surface area contributed by atoms with E-state index in [1.807, 2.05) is 0 Å². The van der Waals surface area contributed by atoms with Gasteiger partial charge in [-0.05, 0) is 36.0 Å². The summed E-state index contributed by atoms with van der Waals surface area (Å²) in [7, 11) is 0. The lowest BCUT2D eigenvalue weighted by atomic mass is 9.93. The van der Waals surface area contributed by atoms with Crippen molar-refractivity contribution in [1.29, 1.82) is 0 Å². The summed E-state index contributed by atoms with van der Waals surface area (Å²) in [6.45, 7) is 4.55. The third-order valence-electron chi connectivity index (χ3n) is 2.86. The van der Waals surface area contributed by atoms with Crippen molar-refractivity contribution in [2.75, 3.05) is 5.88 Å². The number of alkyl halides is 1. The molecule has 0 aliphatic heterocycles. The van der Waals surface area contributed by atoms with E-state index in [0.717, 1.165) is 16.3 Å². The molecule has 0 fully saturated rings. The molecule has 0 aliphatic carbocycles. The summed E-state index contributed by atoms with van der Waals surface area (Å²) in [5, 5.41) is 0. The molecule has 1 aromatic carbocycles. The lowest BCUT2D eigenvalue weighted by molar-refractivity contribution is 0.514. The van der Waals surface area contributed by atoms with Crippen LogP contribution in [-0.2, 0) is 0 Å². The first-order chi connectivity index (χ1) is 7.63. The van der Waals surface area contributed by atoms with Gasteiger partial charge in [-0.25, -0.2) is 0 Å². The molecule has 0 saturated heterocycles. The number of hydrogen-bond donors (Lipinski definition) is 0.